The van der Waals surface area contributed by atoms with Crippen molar-refractivity contribution < 1.29 is 59.7 Å². The second kappa shape index (κ2) is 22.9. The summed E-state index contributed by atoms with van der Waals surface area (Å²) in [6.45, 7) is 2.62. The Balaban J connectivity index is 0.867. The van der Waals surface area contributed by atoms with Crippen molar-refractivity contribution in [2.75, 3.05) is 62.5 Å². The number of imidazole rings is 1. The highest BCUT2D eigenvalue weighted by molar-refractivity contribution is 6.06. The van der Waals surface area contributed by atoms with Crippen LogP contribution in [0.5, 0.6) is 11.5 Å². The maximum Gasteiger partial charge on any atom is 0.433 e. The maximum absolute atomic E-state index is 14.2. The third kappa shape index (κ3) is 10.7. The van der Waals surface area contributed by atoms with Crippen molar-refractivity contribution in [1.29, 1.82) is 0 Å². The van der Waals surface area contributed by atoms with Gasteiger partial charge in [-0.3, -0.25) is 33.1 Å². The summed E-state index contributed by atoms with van der Waals surface area (Å²) < 4.78 is 107. The van der Waals surface area contributed by atoms with Gasteiger partial charge in [0, 0.05) is 87.1 Å². The van der Waals surface area contributed by atoms with Crippen molar-refractivity contribution in [1.82, 2.24) is 44.1 Å². The zero-order valence-corrected chi connectivity index (χ0v) is 48.3. The van der Waals surface area contributed by atoms with Gasteiger partial charge in [0.2, 0.25) is 5.91 Å². The molecular formula is C62H64F6N12O8. The Bertz CT molecular complexity index is 4090. The molecule has 2 aliphatic carbocycles. The lowest BCUT2D eigenvalue weighted by atomic mass is 9.72. The number of nitrogens with one attached hydrogen (secondary N) is 3. The molecule has 5 aliphatic rings. The topological polar surface area (TPSA) is 229 Å². The summed E-state index contributed by atoms with van der Waals surface area (Å²) >= 11 is 0. The van der Waals surface area contributed by atoms with Crippen LogP contribution in [0.4, 0.5) is 43.4 Å². The minimum absolute atomic E-state index is 0.0668. The third-order valence-corrected chi connectivity index (χ3v) is 18.7. The number of piperidine rings is 1. The number of nitrogens with zero attached hydrogens (tertiary/aromatic N) is 9. The quantitative estimate of drug-likeness (QED) is 0.0743. The van der Waals surface area contributed by atoms with E-state index in [0.29, 0.717) is 104 Å². The SMILES string of the molecule is COc1cc2nn([C@@H]3CC[C@@H](CN4C[C@H]5C[C@@H]4CN5c4cccc5c4n(C)c(=O)n5C4CCCNC4=O)C(c4c(OC)c(NC(=O)c5cccc(C(F)(F)F)n5)cc5oc([C@H]6CC[C@H](CO)CC6)nc45)C3)cc2cc1NC(=O)c1cccc(C(F)(F)F)n1. The third-order valence-electron chi connectivity index (χ3n) is 18.7. The lowest BCUT2D eigenvalue weighted by Gasteiger charge is -2.42. The number of benzene rings is 3. The van der Waals surface area contributed by atoms with E-state index in [9.17, 15) is 50.6 Å². The number of methoxy groups -OCH3 is 2. The molecule has 3 aromatic carbocycles. The van der Waals surface area contributed by atoms with Gasteiger partial charge in [0.05, 0.1) is 53.9 Å². The zero-order chi connectivity index (χ0) is 61.5. The van der Waals surface area contributed by atoms with Gasteiger partial charge in [0.25, 0.3) is 11.8 Å². The Morgan fingerprint density at radius 1 is 0.784 bits per heavy atom. The number of anilines is 3. The molecule has 5 fully saturated rings. The minimum Gasteiger partial charge on any atom is -0.494 e. The molecule has 4 N–H and O–H groups in total. The van der Waals surface area contributed by atoms with Gasteiger partial charge in [-0.05, 0) is 124 Å². The van der Waals surface area contributed by atoms with E-state index < -0.39 is 58.9 Å². The first-order valence-corrected chi connectivity index (χ1v) is 29.6. The van der Waals surface area contributed by atoms with Crippen molar-refractivity contribution in [3.63, 3.8) is 0 Å². The van der Waals surface area contributed by atoms with Gasteiger partial charge in [-0.1, -0.05) is 18.2 Å². The van der Waals surface area contributed by atoms with Crippen LogP contribution in [-0.2, 0) is 24.2 Å². The number of aliphatic hydroxyl groups is 1. The molecular weight excluding hydrogens is 1150 g/mol. The molecule has 20 nitrogen and oxygen atoms in total. The van der Waals surface area contributed by atoms with Crippen LogP contribution in [0.2, 0.25) is 0 Å². The van der Waals surface area contributed by atoms with Gasteiger partial charge < -0.3 is 39.8 Å². The number of aliphatic hydroxyl groups excluding tert-OH is 1. The number of para-hydroxylation sites is 1. The monoisotopic (exact) mass is 1220 g/mol. The number of aryl methyl sites for hydroxylation is 1. The first kappa shape index (κ1) is 58.5. The average molecular weight is 1220 g/mol. The molecule has 2 bridgehead atoms. The van der Waals surface area contributed by atoms with Gasteiger partial charge in [-0.15, -0.1) is 0 Å². The molecule has 462 valence electrons. The predicted molar refractivity (Wildman–Crippen MR) is 312 cm³/mol. The Morgan fingerprint density at radius 3 is 2.14 bits per heavy atom. The van der Waals surface area contributed by atoms with Crippen LogP contribution in [-0.4, -0.2) is 121 Å². The number of oxazole rings is 1. The molecule has 3 amide bonds. The fourth-order valence-electron chi connectivity index (χ4n) is 14.4. The van der Waals surface area contributed by atoms with Gasteiger partial charge in [-0.25, -0.2) is 19.7 Å². The van der Waals surface area contributed by atoms with Gasteiger partial charge in [0.15, 0.2) is 11.5 Å². The van der Waals surface area contributed by atoms with Crippen molar-refractivity contribution >= 4 is 67.8 Å². The molecule has 88 heavy (non-hydrogen) atoms. The van der Waals surface area contributed by atoms with E-state index in [1.54, 1.807) is 34.4 Å². The number of halogens is 6. The number of piperazine rings is 1. The number of hydrogen-bond acceptors (Lipinski definition) is 14. The van der Waals surface area contributed by atoms with Crippen LogP contribution < -0.4 is 36.0 Å². The highest BCUT2D eigenvalue weighted by Gasteiger charge is 2.47. The second-order valence-corrected chi connectivity index (χ2v) is 23.9. The molecule has 3 aliphatic heterocycles. The number of alkyl halides is 6. The zero-order valence-electron chi connectivity index (χ0n) is 48.3. The molecule has 26 heteroatoms. The number of amides is 3. The van der Waals surface area contributed by atoms with E-state index in [-0.39, 0.29) is 77.0 Å². The first-order valence-electron chi connectivity index (χ1n) is 29.6. The van der Waals surface area contributed by atoms with Crippen molar-refractivity contribution in [3.05, 3.63) is 124 Å². The molecule has 3 saturated heterocycles. The molecule has 2 saturated carbocycles. The smallest absolute Gasteiger partial charge is 0.433 e. The number of hydrogen-bond donors (Lipinski definition) is 4. The summed E-state index contributed by atoms with van der Waals surface area (Å²) in [6, 6.07) is 16.2. The number of carbonyl (C=O) groups is 3. The van der Waals surface area contributed by atoms with E-state index in [4.69, 9.17) is 24.0 Å². The number of ether oxygens (including phenoxy) is 2. The highest BCUT2D eigenvalue weighted by Crippen LogP contribution is 2.52. The highest BCUT2D eigenvalue weighted by atomic mass is 19.4. The van der Waals surface area contributed by atoms with E-state index >= 15 is 0 Å². The van der Waals surface area contributed by atoms with Crippen LogP contribution in [0, 0.1) is 11.8 Å². The van der Waals surface area contributed by atoms with Crippen LogP contribution in [0.1, 0.15) is 132 Å². The average Bonchev–Trinajstić information content (AvgIpc) is 1.64. The van der Waals surface area contributed by atoms with Crippen molar-refractivity contribution in [2.24, 2.45) is 18.9 Å². The van der Waals surface area contributed by atoms with Crippen LogP contribution in [0.25, 0.3) is 33.0 Å². The molecule has 8 aromatic rings. The van der Waals surface area contributed by atoms with Crippen LogP contribution in [0.15, 0.2) is 88.2 Å². The lowest BCUT2D eigenvalue weighted by molar-refractivity contribution is -0.142. The van der Waals surface area contributed by atoms with Gasteiger partial charge in [-0.2, -0.15) is 31.4 Å². The van der Waals surface area contributed by atoms with E-state index in [1.807, 2.05) is 29.1 Å². The fraction of sp³-hybridized carbons (Fsp3) is 0.452. The second-order valence-electron chi connectivity index (χ2n) is 23.9. The normalized spacial score (nSPS) is 23.5. The maximum atomic E-state index is 14.2. The molecule has 8 heterocycles. The Morgan fingerprint density at radius 2 is 1.49 bits per heavy atom. The molecule has 2 unspecified atom stereocenters. The summed E-state index contributed by atoms with van der Waals surface area (Å²) in [5.41, 5.74) is 1.00. The van der Waals surface area contributed by atoms with Crippen LogP contribution >= 0.6 is 0 Å². The van der Waals surface area contributed by atoms with Crippen LogP contribution in [0.3, 0.4) is 0 Å². The largest absolute Gasteiger partial charge is 0.494 e. The van der Waals surface area contributed by atoms with Gasteiger partial charge >= 0.3 is 18.0 Å². The number of fused-ring (bicyclic) bond motifs is 5. The van der Waals surface area contributed by atoms with E-state index in [1.165, 1.54) is 26.4 Å². The number of carbonyl (C=O) groups excluding carboxylic acids is 3. The van der Waals surface area contributed by atoms with E-state index in [2.05, 4.69) is 35.7 Å². The molecule has 0 spiro atoms. The van der Waals surface area contributed by atoms with Crippen molar-refractivity contribution in [3.8, 4) is 11.5 Å². The number of rotatable bonds is 14. The number of likely N-dealkylation sites (tertiary alicyclic amines) is 1. The minimum atomic E-state index is -4.82. The number of pyridine rings is 2. The summed E-state index contributed by atoms with van der Waals surface area (Å²) in [5.74, 6) is -1.53. The number of aromatic nitrogens is 7. The first-order chi connectivity index (χ1) is 42.3. The standard InChI is InChI=1S/C62H64F6N12O8/c1-76-54-45(10-6-11-46(54)80(60(76)85)47-12-7-21-69-58(47)84)78-30-37-23-38(78)29-77(37)27-34-19-20-36(79-28-35-22-43(48(86-2)25-42(35)75-79)72-56(82)40-8-4-13-50(70-40)61(63,64)65)24-39(34)52-53-49(88-59(74-53)33-17-15-32(31-81)16-18-33)26-44(55(52)87-3)73-57(83)41-9-5-14-51(71-41)62(66,67)68/h4-6,8-11,13-14,22,25-26,28,32-34,36-39,47,81H,7,12,15-21,23-24,27,29-31H2,1-3H3,(H,69,84)(H,72,82)(H,73,83)/t32-,33-,34-,36+,37+,38+,39?,47?/m0/s1. The predicted octanol–water partition coefficient (Wildman–Crippen LogP) is 9.99. The molecule has 13 rings (SSSR count). The fourth-order valence-corrected chi connectivity index (χ4v) is 14.4. The van der Waals surface area contributed by atoms with Gasteiger partial charge in [0.1, 0.15) is 45.8 Å². The summed E-state index contributed by atoms with van der Waals surface area (Å²) in [6.07, 6.45) is -0.948. The Kier molecular flexibility index (Phi) is 15.2. The summed E-state index contributed by atoms with van der Waals surface area (Å²) in [7, 11) is 4.61. The summed E-state index contributed by atoms with van der Waals surface area (Å²) in [4.78, 5) is 72.1. The molecule has 0 radical (unpaired) electrons. The summed E-state index contributed by atoms with van der Waals surface area (Å²) in [5, 5.41) is 24.1. The lowest BCUT2D eigenvalue weighted by Crippen LogP contribution is -2.49. The van der Waals surface area contributed by atoms with Crippen molar-refractivity contribution in [2.45, 2.75) is 113 Å². The Hall–Kier alpha value is -8.52. The molecule has 6 atom stereocenters. The molecule has 5 aromatic heterocycles. The van der Waals surface area contributed by atoms with E-state index in [0.717, 1.165) is 61.2 Å². The Labute approximate surface area is 499 Å².